The average molecular weight is 460 g/mol. The number of anilines is 2. The molecule has 5 rings (SSSR count). The van der Waals surface area contributed by atoms with Crippen LogP contribution in [0.25, 0.3) is 11.3 Å². The Balaban J connectivity index is 1.52. The van der Waals surface area contributed by atoms with E-state index in [0.29, 0.717) is 24.6 Å². The molecule has 0 unspecified atom stereocenters. The Hall–Kier alpha value is -4.47. The van der Waals surface area contributed by atoms with E-state index in [4.69, 9.17) is 4.98 Å². The molecule has 0 aliphatic carbocycles. The van der Waals surface area contributed by atoms with Crippen molar-refractivity contribution in [3.8, 4) is 11.3 Å². The molecule has 1 aliphatic rings. The Morgan fingerprint density at radius 3 is 2.47 bits per heavy atom. The molecule has 0 spiro atoms. The van der Waals surface area contributed by atoms with Crippen LogP contribution in [0.3, 0.4) is 0 Å². The number of fused-ring (bicyclic) bond motifs is 1. The van der Waals surface area contributed by atoms with Crippen LogP contribution in [0.1, 0.15) is 21.9 Å². The van der Waals surface area contributed by atoms with Gasteiger partial charge in [-0.25, -0.2) is 14.2 Å². The van der Waals surface area contributed by atoms with Crippen LogP contribution in [0.2, 0.25) is 0 Å². The maximum Gasteiger partial charge on any atom is 0.326 e. The number of imidazole rings is 1. The Kier molecular flexibility index (Phi) is 5.33. The smallest absolute Gasteiger partial charge is 0.326 e. The van der Waals surface area contributed by atoms with E-state index in [2.05, 4.69) is 15.3 Å². The van der Waals surface area contributed by atoms with Crippen molar-refractivity contribution >= 4 is 17.4 Å². The quantitative estimate of drug-likeness (QED) is 0.433. The van der Waals surface area contributed by atoms with Crippen molar-refractivity contribution in [2.45, 2.75) is 20.0 Å². The number of aromatic amines is 2. The molecule has 2 aromatic heterocycles. The average Bonchev–Trinajstić information content (AvgIpc) is 3.17. The van der Waals surface area contributed by atoms with Crippen LogP contribution in [0.15, 0.2) is 64.2 Å². The summed E-state index contributed by atoms with van der Waals surface area (Å²) in [5, 5.41) is 3.42. The maximum absolute atomic E-state index is 13.5. The lowest BCUT2D eigenvalue weighted by atomic mass is 10.1. The van der Waals surface area contributed by atoms with Crippen LogP contribution in [-0.4, -0.2) is 36.9 Å². The maximum atomic E-state index is 13.5. The van der Waals surface area contributed by atoms with Gasteiger partial charge in [0.25, 0.3) is 11.5 Å². The fourth-order valence-corrected chi connectivity index (χ4v) is 3.97. The summed E-state index contributed by atoms with van der Waals surface area (Å²) in [5.41, 5.74) is 1.91. The molecule has 0 bridgehead atoms. The molecule has 0 fully saturated rings. The second kappa shape index (κ2) is 8.47. The van der Waals surface area contributed by atoms with E-state index < -0.39 is 17.2 Å². The number of rotatable bonds is 4. The van der Waals surface area contributed by atoms with E-state index in [1.807, 2.05) is 35.8 Å². The van der Waals surface area contributed by atoms with E-state index in [9.17, 15) is 18.8 Å². The summed E-state index contributed by atoms with van der Waals surface area (Å²) in [5.74, 6) is 0.557. The van der Waals surface area contributed by atoms with Crippen LogP contribution in [0, 0.1) is 12.7 Å². The molecule has 1 aliphatic heterocycles. The highest BCUT2D eigenvalue weighted by molar-refractivity contribution is 5.92. The lowest BCUT2D eigenvalue weighted by Crippen LogP contribution is -2.40. The Bertz CT molecular complexity index is 1460. The minimum absolute atomic E-state index is 0.0782. The molecule has 172 valence electrons. The van der Waals surface area contributed by atoms with Crippen molar-refractivity contribution in [1.82, 2.24) is 24.4 Å². The molecular weight excluding hydrogens is 439 g/mol. The normalized spacial score (nSPS) is 12.9. The predicted molar refractivity (Wildman–Crippen MR) is 125 cm³/mol. The highest BCUT2D eigenvalue weighted by Crippen LogP contribution is 2.33. The van der Waals surface area contributed by atoms with E-state index in [1.54, 1.807) is 12.1 Å². The molecule has 9 nitrogen and oxygen atoms in total. The van der Waals surface area contributed by atoms with Gasteiger partial charge in [0, 0.05) is 30.4 Å². The topological polar surface area (TPSA) is 116 Å². The zero-order valence-corrected chi connectivity index (χ0v) is 18.3. The number of amides is 1. The molecule has 1 amide bonds. The second-order valence-corrected chi connectivity index (χ2v) is 8.10. The summed E-state index contributed by atoms with van der Waals surface area (Å²) in [6.45, 7) is 2.98. The fraction of sp³-hybridized carbons (Fsp3) is 0.167. The summed E-state index contributed by atoms with van der Waals surface area (Å²) in [6.07, 6.45) is 0. The zero-order valence-electron chi connectivity index (χ0n) is 18.3. The predicted octanol–water partition coefficient (Wildman–Crippen LogP) is 2.77. The third-order valence-electron chi connectivity index (χ3n) is 5.68. The first-order chi connectivity index (χ1) is 16.4. The summed E-state index contributed by atoms with van der Waals surface area (Å²) in [6, 6.07) is 15.1. The number of benzene rings is 2. The van der Waals surface area contributed by atoms with Gasteiger partial charge in [0.15, 0.2) is 0 Å². The molecule has 2 aromatic carbocycles. The Morgan fingerprint density at radius 1 is 1.03 bits per heavy atom. The van der Waals surface area contributed by atoms with E-state index in [-0.39, 0.29) is 18.1 Å². The number of H-pyrrole nitrogens is 2. The lowest BCUT2D eigenvalue weighted by molar-refractivity contribution is 0.0701. The number of nitrogens with zero attached hydrogens (tertiary/aromatic N) is 3. The minimum Gasteiger partial charge on any atom is -0.340 e. The number of aryl methyl sites for hydroxylation is 1. The molecular formula is C24H21FN6O3. The van der Waals surface area contributed by atoms with Gasteiger partial charge in [0.05, 0.1) is 6.54 Å². The van der Waals surface area contributed by atoms with Crippen molar-refractivity contribution in [3.63, 3.8) is 0 Å². The molecule has 0 atom stereocenters. The van der Waals surface area contributed by atoms with Gasteiger partial charge in [-0.2, -0.15) is 0 Å². The number of aromatic nitrogens is 4. The van der Waals surface area contributed by atoms with Gasteiger partial charge in [0.1, 0.15) is 28.8 Å². The lowest BCUT2D eigenvalue weighted by Gasteiger charge is -2.28. The third-order valence-corrected chi connectivity index (χ3v) is 5.68. The van der Waals surface area contributed by atoms with E-state index >= 15 is 0 Å². The van der Waals surface area contributed by atoms with Gasteiger partial charge in [-0.1, -0.05) is 17.7 Å². The van der Waals surface area contributed by atoms with Crippen LogP contribution in [0.5, 0.6) is 0 Å². The third kappa shape index (κ3) is 4.13. The van der Waals surface area contributed by atoms with Gasteiger partial charge in [0.2, 0.25) is 0 Å². The number of nitrogens with one attached hydrogen (secondary N) is 3. The molecule has 4 aromatic rings. The molecule has 34 heavy (non-hydrogen) atoms. The van der Waals surface area contributed by atoms with Gasteiger partial charge in [-0.15, -0.1) is 0 Å². The molecule has 0 saturated heterocycles. The number of carbonyl (C=O) groups excluding carboxylic acids is 1. The van der Waals surface area contributed by atoms with Gasteiger partial charge in [-0.05, 0) is 43.3 Å². The standard InChI is InChI=1S/C24H21FN6O3/c1-14-2-8-17(9-3-14)26-22-21(15-4-6-16(25)7-5-15)28-19-13-30(10-11-31(19)22)23(33)18-12-20(32)29-24(34)27-18/h2-9,12,26H,10-11,13H2,1H3,(H2,27,29,32,34). The molecule has 10 heteroatoms. The fourth-order valence-electron chi connectivity index (χ4n) is 3.97. The Morgan fingerprint density at radius 2 is 1.76 bits per heavy atom. The van der Waals surface area contributed by atoms with Crippen molar-refractivity contribution in [2.24, 2.45) is 0 Å². The molecule has 0 radical (unpaired) electrons. The van der Waals surface area contributed by atoms with Crippen molar-refractivity contribution in [2.75, 3.05) is 11.9 Å². The van der Waals surface area contributed by atoms with Crippen LogP contribution in [0.4, 0.5) is 15.9 Å². The van der Waals surface area contributed by atoms with Gasteiger partial charge < -0.3 is 19.8 Å². The first kappa shape index (κ1) is 21.4. The van der Waals surface area contributed by atoms with Crippen molar-refractivity contribution in [3.05, 3.63) is 98.3 Å². The first-order valence-electron chi connectivity index (χ1n) is 10.7. The Labute approximate surface area is 192 Å². The number of hydrogen-bond donors (Lipinski definition) is 3. The largest absolute Gasteiger partial charge is 0.340 e. The van der Waals surface area contributed by atoms with Crippen LogP contribution in [-0.2, 0) is 13.1 Å². The highest BCUT2D eigenvalue weighted by Gasteiger charge is 2.28. The summed E-state index contributed by atoms with van der Waals surface area (Å²) >= 11 is 0. The number of halogens is 1. The van der Waals surface area contributed by atoms with E-state index in [0.717, 1.165) is 28.7 Å². The summed E-state index contributed by atoms with van der Waals surface area (Å²) in [7, 11) is 0. The van der Waals surface area contributed by atoms with Gasteiger partial charge in [-0.3, -0.25) is 14.6 Å². The van der Waals surface area contributed by atoms with Crippen LogP contribution >= 0.6 is 0 Å². The SMILES string of the molecule is Cc1ccc(Nc2c(-c3ccc(F)cc3)nc3n2CCN(C(=O)c2cc(=O)[nH]c(=O)[nH]2)C3)cc1. The molecule has 0 saturated carbocycles. The van der Waals surface area contributed by atoms with Crippen molar-refractivity contribution in [1.29, 1.82) is 0 Å². The van der Waals surface area contributed by atoms with E-state index in [1.165, 1.54) is 17.0 Å². The summed E-state index contributed by atoms with van der Waals surface area (Å²) < 4.78 is 15.5. The number of hydrogen-bond acceptors (Lipinski definition) is 5. The second-order valence-electron chi connectivity index (χ2n) is 8.10. The molecule has 3 N–H and O–H groups in total. The minimum atomic E-state index is -0.738. The number of carbonyl (C=O) groups is 1. The van der Waals surface area contributed by atoms with Crippen molar-refractivity contribution < 1.29 is 9.18 Å². The van der Waals surface area contributed by atoms with Gasteiger partial charge >= 0.3 is 5.69 Å². The first-order valence-corrected chi connectivity index (χ1v) is 10.7. The zero-order chi connectivity index (χ0) is 23.8. The monoisotopic (exact) mass is 460 g/mol. The summed E-state index contributed by atoms with van der Waals surface area (Å²) in [4.78, 5) is 46.9. The molecule has 3 heterocycles. The highest BCUT2D eigenvalue weighted by atomic mass is 19.1. The van der Waals surface area contributed by atoms with Crippen LogP contribution < -0.4 is 16.6 Å².